The van der Waals surface area contributed by atoms with Crippen molar-refractivity contribution in [2.75, 3.05) is 0 Å². The summed E-state index contributed by atoms with van der Waals surface area (Å²) >= 11 is 0. The Hall–Kier alpha value is -6.06. The van der Waals surface area contributed by atoms with Gasteiger partial charge in [-0.05, 0) is 64.2 Å². The van der Waals surface area contributed by atoms with Crippen LogP contribution in [0.4, 0.5) is 0 Å². The summed E-state index contributed by atoms with van der Waals surface area (Å²) in [4.78, 5) is 0. The van der Waals surface area contributed by atoms with Gasteiger partial charge in [-0.25, -0.2) is 0 Å². The summed E-state index contributed by atoms with van der Waals surface area (Å²) in [6.45, 7) is 0. The largest absolute Gasteiger partial charge is 0.309 e. The molecule has 47 heavy (non-hydrogen) atoms. The first-order valence-corrected chi connectivity index (χ1v) is 16.5. The van der Waals surface area contributed by atoms with E-state index in [-0.39, 0.29) is 0 Å². The van der Waals surface area contributed by atoms with Crippen LogP contribution in [-0.2, 0) is 11.1 Å². The molecule has 1 atom stereocenters. The molecule has 1 aliphatic carbocycles. The van der Waals surface area contributed by atoms with Crippen molar-refractivity contribution < 1.29 is 8.97 Å². The topological polar surface area (TPSA) is 12.9 Å². The number of benzene rings is 5. The maximum Gasteiger partial charge on any atom is 0.309 e. The van der Waals surface area contributed by atoms with Crippen LogP contribution in [0.25, 0.3) is 60.6 Å². The average Bonchev–Trinajstić information content (AvgIpc) is 3.83. The molecule has 2 spiro atoms. The molecule has 13 rings (SSSR count). The molecule has 1 unspecified atom stereocenters. The summed E-state index contributed by atoms with van der Waals surface area (Å²) in [7, 11) is 0. The summed E-state index contributed by atoms with van der Waals surface area (Å²) in [5.74, 6) is 0. The second-order valence-corrected chi connectivity index (χ2v) is 13.6. The van der Waals surface area contributed by atoms with Crippen molar-refractivity contribution in [1.29, 1.82) is 0 Å². The van der Waals surface area contributed by atoms with Crippen molar-refractivity contribution in [2.45, 2.75) is 11.1 Å². The molecule has 7 heterocycles. The summed E-state index contributed by atoms with van der Waals surface area (Å²) in [5.41, 5.74) is 17.6. The molecule has 4 aliphatic rings. The number of pyridine rings is 3. The van der Waals surface area contributed by atoms with Gasteiger partial charge in [0.05, 0.1) is 27.3 Å². The second-order valence-electron chi connectivity index (χ2n) is 13.6. The van der Waals surface area contributed by atoms with Gasteiger partial charge in [0.1, 0.15) is 11.1 Å². The zero-order valence-electron chi connectivity index (χ0n) is 25.3. The van der Waals surface area contributed by atoms with Crippen molar-refractivity contribution in [3.63, 3.8) is 0 Å². The van der Waals surface area contributed by atoms with Crippen LogP contribution >= 0.6 is 0 Å². The quantitative estimate of drug-likeness (QED) is 0.124. The SMILES string of the molecule is c1ccc2c(c1)-c1ccccc1C21c2cccc3c2C2(c4c5ccccc5[n+]5c6ccccc6c6ccc1n2c6c45)[n+]1ccccc1-3. The van der Waals surface area contributed by atoms with Crippen LogP contribution in [0.5, 0.6) is 0 Å². The second kappa shape index (κ2) is 7.32. The van der Waals surface area contributed by atoms with Gasteiger partial charge in [-0.1, -0.05) is 84.9 Å². The molecule has 0 saturated heterocycles. The van der Waals surface area contributed by atoms with E-state index in [4.69, 9.17) is 0 Å². The number of nitrogens with zero attached hydrogens (tertiary/aromatic N) is 3. The highest BCUT2D eigenvalue weighted by atomic mass is 15.3. The van der Waals surface area contributed by atoms with Crippen LogP contribution in [0, 0.1) is 0 Å². The van der Waals surface area contributed by atoms with Crippen LogP contribution in [0.1, 0.15) is 33.5 Å². The Kier molecular flexibility index (Phi) is 3.63. The van der Waals surface area contributed by atoms with E-state index in [0.29, 0.717) is 0 Å². The standard InChI is InChI=1S/C44H25N3/c1-5-17-32-26(12-1)27-13-2-6-18-33(27)43(32)34-19-11-16-30-35-20-9-10-25-45(35)44(39(30)34)40-31-15-4-8-22-37(31)46-36-21-7-3-14-28(36)29-23-24-38(43)47(44)41(29)42(40)46/h1-25H/q+2. The third-order valence-electron chi connectivity index (χ3n) is 12.0. The zero-order valence-corrected chi connectivity index (χ0v) is 25.3. The lowest BCUT2D eigenvalue weighted by Crippen LogP contribution is -2.62. The van der Waals surface area contributed by atoms with E-state index in [1.165, 1.54) is 94.1 Å². The van der Waals surface area contributed by atoms with Crippen molar-refractivity contribution in [2.24, 2.45) is 0 Å². The Morgan fingerprint density at radius 3 is 1.91 bits per heavy atom. The number of hydrogen-bond donors (Lipinski definition) is 0. The first-order valence-electron chi connectivity index (χ1n) is 16.5. The van der Waals surface area contributed by atoms with E-state index in [1.54, 1.807) is 0 Å². The van der Waals surface area contributed by atoms with Crippen molar-refractivity contribution in [3.8, 4) is 22.4 Å². The number of rotatable bonds is 0. The molecular weight excluding hydrogens is 571 g/mol. The molecule has 0 amide bonds. The number of hydrogen-bond acceptors (Lipinski definition) is 0. The van der Waals surface area contributed by atoms with Gasteiger partial charge in [0.25, 0.3) is 0 Å². The van der Waals surface area contributed by atoms with Gasteiger partial charge < -0.3 is 0 Å². The Labute approximate surface area is 269 Å². The molecule has 214 valence electrons. The normalized spacial score (nSPS) is 18.0. The Morgan fingerprint density at radius 2 is 1.11 bits per heavy atom. The summed E-state index contributed by atoms with van der Waals surface area (Å²) < 4.78 is 7.94. The molecule has 3 heteroatoms. The van der Waals surface area contributed by atoms with Crippen LogP contribution in [-0.4, -0.2) is 4.57 Å². The van der Waals surface area contributed by atoms with Crippen LogP contribution in [0.15, 0.2) is 152 Å². The molecule has 4 aromatic heterocycles. The summed E-state index contributed by atoms with van der Waals surface area (Å²) in [6.07, 6.45) is 2.33. The lowest BCUT2D eigenvalue weighted by Gasteiger charge is -2.44. The highest BCUT2D eigenvalue weighted by Crippen LogP contribution is 2.65. The third-order valence-corrected chi connectivity index (χ3v) is 12.0. The lowest BCUT2D eigenvalue weighted by molar-refractivity contribution is -0.733. The Balaban J connectivity index is 1.40. The fourth-order valence-corrected chi connectivity index (χ4v) is 10.6. The Morgan fingerprint density at radius 1 is 0.468 bits per heavy atom. The molecule has 0 fully saturated rings. The number of fused-ring (bicyclic) bond motifs is 15. The molecule has 3 nitrogen and oxygen atoms in total. The predicted molar refractivity (Wildman–Crippen MR) is 185 cm³/mol. The van der Waals surface area contributed by atoms with Crippen LogP contribution < -0.4 is 8.97 Å². The van der Waals surface area contributed by atoms with E-state index in [2.05, 4.69) is 165 Å². The van der Waals surface area contributed by atoms with E-state index < -0.39 is 11.1 Å². The minimum absolute atomic E-state index is 0.471. The van der Waals surface area contributed by atoms with Gasteiger partial charge in [-0.3, -0.25) is 4.57 Å². The molecule has 0 radical (unpaired) electrons. The van der Waals surface area contributed by atoms with E-state index in [1.807, 2.05) is 0 Å². The zero-order chi connectivity index (χ0) is 30.2. The maximum atomic E-state index is 2.78. The predicted octanol–water partition coefficient (Wildman–Crippen LogP) is 8.24. The highest BCUT2D eigenvalue weighted by Gasteiger charge is 2.69. The van der Waals surface area contributed by atoms with E-state index >= 15 is 0 Å². The van der Waals surface area contributed by atoms with Gasteiger partial charge in [0.2, 0.25) is 22.2 Å². The maximum absolute atomic E-state index is 2.78. The van der Waals surface area contributed by atoms with Crippen LogP contribution in [0.2, 0.25) is 0 Å². The van der Waals surface area contributed by atoms with E-state index in [9.17, 15) is 0 Å². The van der Waals surface area contributed by atoms with Gasteiger partial charge in [-0.2, -0.15) is 8.97 Å². The summed E-state index contributed by atoms with van der Waals surface area (Å²) in [5, 5.41) is 3.90. The van der Waals surface area contributed by atoms with E-state index in [0.717, 1.165) is 0 Å². The molecule has 3 aliphatic heterocycles. The Bertz CT molecular complexity index is 2940. The van der Waals surface area contributed by atoms with Crippen molar-refractivity contribution in [3.05, 3.63) is 185 Å². The molecule has 0 N–H and O–H groups in total. The number of aromatic nitrogens is 3. The lowest BCUT2D eigenvalue weighted by atomic mass is 9.63. The first-order chi connectivity index (χ1) is 23.4. The van der Waals surface area contributed by atoms with Gasteiger partial charge in [-0.15, -0.1) is 0 Å². The minimum atomic E-state index is -0.580. The van der Waals surface area contributed by atoms with Gasteiger partial charge >= 0.3 is 5.66 Å². The molecule has 0 saturated carbocycles. The molecular formula is C44H25N3+2. The fourth-order valence-electron chi connectivity index (χ4n) is 10.6. The molecule has 0 bridgehead atoms. The van der Waals surface area contributed by atoms with Crippen molar-refractivity contribution >= 4 is 38.2 Å². The third kappa shape index (κ3) is 2.14. The van der Waals surface area contributed by atoms with Gasteiger partial charge in [0, 0.05) is 35.3 Å². The smallest absolute Gasteiger partial charge is 0.268 e. The minimum Gasteiger partial charge on any atom is -0.268 e. The van der Waals surface area contributed by atoms with Crippen LogP contribution in [0.3, 0.4) is 0 Å². The summed E-state index contributed by atoms with van der Waals surface area (Å²) in [6, 6.07) is 55.1. The first kappa shape index (κ1) is 23.3. The van der Waals surface area contributed by atoms with Gasteiger partial charge in [0.15, 0.2) is 6.20 Å². The molecule has 5 aromatic carbocycles. The highest BCUT2D eigenvalue weighted by molar-refractivity contribution is 6.14. The van der Waals surface area contributed by atoms with Crippen molar-refractivity contribution in [1.82, 2.24) is 4.57 Å². The number of para-hydroxylation sites is 2. The average molecular weight is 596 g/mol. The molecule has 9 aromatic rings. The monoisotopic (exact) mass is 595 g/mol. The fraction of sp³-hybridized carbons (Fsp3) is 0.0455.